The maximum atomic E-state index is 13.6. The first kappa shape index (κ1) is 14.3. The minimum Gasteiger partial charge on any atom is -0.328 e. The molecule has 2 nitrogen and oxygen atoms in total. The van der Waals surface area contributed by atoms with Crippen LogP contribution < -0.4 is 0 Å². The molecule has 3 rings (SSSR count). The van der Waals surface area contributed by atoms with Gasteiger partial charge in [0.15, 0.2) is 0 Å². The highest BCUT2D eigenvalue weighted by Gasteiger charge is 2.21. The lowest BCUT2D eigenvalue weighted by atomic mass is 10.2. The predicted molar refractivity (Wildman–Crippen MR) is 83.8 cm³/mol. The number of rotatable bonds is 6. The highest BCUT2D eigenvalue weighted by atomic mass is 79.9. The molecule has 0 amide bonds. The maximum absolute atomic E-state index is 13.6. The van der Waals surface area contributed by atoms with Gasteiger partial charge in [-0.15, -0.1) is 11.6 Å². The molecule has 1 heterocycles. The fourth-order valence-electron chi connectivity index (χ4n) is 2.64. The Balaban J connectivity index is 1.91. The number of halogens is 3. The van der Waals surface area contributed by atoms with Gasteiger partial charge in [-0.1, -0.05) is 12.8 Å². The van der Waals surface area contributed by atoms with Crippen molar-refractivity contribution in [1.82, 2.24) is 9.55 Å². The summed E-state index contributed by atoms with van der Waals surface area (Å²) >= 11 is 9.11. The molecular weight excluding hydrogens is 343 g/mol. The molecule has 0 atom stereocenters. The minimum atomic E-state index is -0.266. The van der Waals surface area contributed by atoms with Crippen molar-refractivity contribution >= 4 is 38.6 Å². The number of benzene rings is 1. The van der Waals surface area contributed by atoms with Crippen molar-refractivity contribution in [2.24, 2.45) is 5.92 Å². The zero-order chi connectivity index (χ0) is 14.1. The van der Waals surface area contributed by atoms with E-state index in [1.165, 1.54) is 25.3 Å². The molecule has 1 saturated carbocycles. The van der Waals surface area contributed by atoms with E-state index in [1.54, 1.807) is 0 Å². The van der Waals surface area contributed by atoms with Gasteiger partial charge in [0.1, 0.15) is 11.6 Å². The summed E-state index contributed by atoms with van der Waals surface area (Å²) in [5.74, 6) is 2.17. The van der Waals surface area contributed by atoms with Crippen molar-refractivity contribution in [3.63, 3.8) is 0 Å². The molecule has 108 valence electrons. The summed E-state index contributed by atoms with van der Waals surface area (Å²) < 4.78 is 16.3. The Hall–Kier alpha value is -0.610. The highest BCUT2D eigenvalue weighted by Crippen LogP contribution is 2.34. The van der Waals surface area contributed by atoms with Gasteiger partial charge in [-0.2, -0.15) is 0 Å². The van der Waals surface area contributed by atoms with Crippen LogP contribution in [-0.2, 0) is 13.0 Å². The van der Waals surface area contributed by atoms with Crippen LogP contribution in [0.2, 0.25) is 0 Å². The lowest BCUT2D eigenvalue weighted by Gasteiger charge is -2.08. The summed E-state index contributed by atoms with van der Waals surface area (Å²) in [4.78, 5) is 4.54. The van der Waals surface area contributed by atoms with E-state index in [1.807, 2.05) is 6.07 Å². The van der Waals surface area contributed by atoms with Gasteiger partial charge in [-0.05, 0) is 40.8 Å². The third-order valence-corrected chi connectivity index (χ3v) is 4.68. The standard InChI is InChI=1S/C15H17BrClFN2/c16-11-8-14-13(9-12(11)18)19-15(5-6-17)20(14)7-1-2-10-3-4-10/h8-10H,1-7H2. The van der Waals surface area contributed by atoms with Crippen molar-refractivity contribution in [2.45, 2.75) is 38.6 Å². The second kappa shape index (κ2) is 6.02. The lowest BCUT2D eigenvalue weighted by molar-refractivity contribution is 0.571. The zero-order valence-electron chi connectivity index (χ0n) is 11.2. The van der Waals surface area contributed by atoms with Crippen molar-refractivity contribution in [2.75, 3.05) is 5.88 Å². The molecule has 0 spiro atoms. The van der Waals surface area contributed by atoms with Crippen LogP contribution in [-0.4, -0.2) is 15.4 Å². The monoisotopic (exact) mass is 358 g/mol. The number of fused-ring (bicyclic) bond motifs is 1. The topological polar surface area (TPSA) is 17.8 Å². The molecule has 0 radical (unpaired) electrons. The Bertz CT molecular complexity index is 622. The minimum absolute atomic E-state index is 0.266. The largest absolute Gasteiger partial charge is 0.328 e. The van der Waals surface area contributed by atoms with E-state index in [4.69, 9.17) is 11.6 Å². The van der Waals surface area contributed by atoms with Crippen molar-refractivity contribution in [3.8, 4) is 0 Å². The zero-order valence-corrected chi connectivity index (χ0v) is 13.6. The van der Waals surface area contributed by atoms with Gasteiger partial charge in [0.2, 0.25) is 0 Å². The predicted octanol–water partition coefficient (Wildman–Crippen LogP) is 4.91. The van der Waals surface area contributed by atoms with E-state index >= 15 is 0 Å². The summed E-state index contributed by atoms with van der Waals surface area (Å²) in [7, 11) is 0. The Kier molecular flexibility index (Phi) is 4.32. The SMILES string of the molecule is Fc1cc2nc(CCCl)n(CCCC3CC3)c2cc1Br. The Morgan fingerprint density at radius 3 is 2.90 bits per heavy atom. The molecule has 0 aliphatic heterocycles. The first-order valence-electron chi connectivity index (χ1n) is 7.09. The van der Waals surface area contributed by atoms with E-state index in [-0.39, 0.29) is 5.82 Å². The van der Waals surface area contributed by atoms with Gasteiger partial charge < -0.3 is 4.57 Å². The second-order valence-corrected chi connectivity index (χ2v) is 6.69. The van der Waals surface area contributed by atoms with Crippen LogP contribution in [0.5, 0.6) is 0 Å². The number of aryl methyl sites for hydroxylation is 2. The van der Waals surface area contributed by atoms with Crippen LogP contribution in [0, 0.1) is 11.7 Å². The summed E-state index contributed by atoms with van der Waals surface area (Å²) in [5.41, 5.74) is 1.71. The first-order chi connectivity index (χ1) is 9.69. The van der Waals surface area contributed by atoms with Gasteiger partial charge in [0.05, 0.1) is 15.5 Å². The Labute approximate surface area is 131 Å². The maximum Gasteiger partial charge on any atom is 0.139 e. The van der Waals surface area contributed by atoms with Crippen molar-refractivity contribution < 1.29 is 4.39 Å². The van der Waals surface area contributed by atoms with Crippen molar-refractivity contribution in [3.05, 3.63) is 28.2 Å². The van der Waals surface area contributed by atoms with E-state index in [0.717, 1.165) is 42.2 Å². The number of hydrogen-bond donors (Lipinski definition) is 0. The average molecular weight is 360 g/mol. The summed E-state index contributed by atoms with van der Waals surface area (Å²) in [5, 5.41) is 0. The Morgan fingerprint density at radius 2 is 2.20 bits per heavy atom. The van der Waals surface area contributed by atoms with E-state index < -0.39 is 0 Å². The van der Waals surface area contributed by atoms with Crippen LogP contribution in [0.15, 0.2) is 16.6 Å². The van der Waals surface area contributed by atoms with Gasteiger partial charge in [-0.3, -0.25) is 0 Å². The lowest BCUT2D eigenvalue weighted by Crippen LogP contribution is -2.05. The van der Waals surface area contributed by atoms with Crippen LogP contribution in [0.4, 0.5) is 4.39 Å². The fourth-order valence-corrected chi connectivity index (χ4v) is 3.14. The molecule has 1 fully saturated rings. The molecular formula is C15H17BrClFN2. The highest BCUT2D eigenvalue weighted by molar-refractivity contribution is 9.10. The van der Waals surface area contributed by atoms with Gasteiger partial charge in [0, 0.05) is 24.9 Å². The normalized spacial score (nSPS) is 15.2. The number of hydrogen-bond acceptors (Lipinski definition) is 1. The molecule has 0 N–H and O–H groups in total. The molecule has 0 bridgehead atoms. The summed E-state index contributed by atoms with van der Waals surface area (Å²) in [6, 6.07) is 3.32. The fraction of sp³-hybridized carbons (Fsp3) is 0.533. The third-order valence-electron chi connectivity index (χ3n) is 3.88. The molecule has 2 aromatic rings. The van der Waals surface area contributed by atoms with Gasteiger partial charge in [0.25, 0.3) is 0 Å². The molecule has 5 heteroatoms. The van der Waals surface area contributed by atoms with Gasteiger partial charge in [-0.25, -0.2) is 9.37 Å². The summed E-state index contributed by atoms with van der Waals surface area (Å²) in [6.45, 7) is 0.942. The molecule has 1 aromatic carbocycles. The van der Waals surface area contributed by atoms with E-state index in [2.05, 4.69) is 25.5 Å². The second-order valence-electron chi connectivity index (χ2n) is 5.46. The number of nitrogens with zero attached hydrogens (tertiary/aromatic N) is 2. The number of imidazole rings is 1. The van der Waals surface area contributed by atoms with Crippen LogP contribution >= 0.6 is 27.5 Å². The van der Waals surface area contributed by atoms with Gasteiger partial charge >= 0.3 is 0 Å². The molecule has 1 aliphatic rings. The van der Waals surface area contributed by atoms with E-state index in [9.17, 15) is 4.39 Å². The molecule has 0 saturated heterocycles. The average Bonchev–Trinajstić information content (AvgIpc) is 3.18. The third kappa shape index (κ3) is 3.01. The van der Waals surface area contributed by atoms with Crippen molar-refractivity contribution in [1.29, 1.82) is 0 Å². The number of alkyl halides is 1. The molecule has 20 heavy (non-hydrogen) atoms. The van der Waals surface area contributed by atoms with Crippen LogP contribution in [0.3, 0.4) is 0 Å². The summed E-state index contributed by atoms with van der Waals surface area (Å²) in [6.07, 6.45) is 5.92. The quantitative estimate of drug-likeness (QED) is 0.670. The van der Waals surface area contributed by atoms with Crippen LogP contribution in [0.25, 0.3) is 11.0 Å². The van der Waals surface area contributed by atoms with Crippen LogP contribution in [0.1, 0.15) is 31.5 Å². The molecule has 0 unspecified atom stereocenters. The Morgan fingerprint density at radius 1 is 1.40 bits per heavy atom. The first-order valence-corrected chi connectivity index (χ1v) is 8.42. The smallest absolute Gasteiger partial charge is 0.139 e. The van der Waals surface area contributed by atoms with E-state index in [0.29, 0.717) is 10.4 Å². The number of aromatic nitrogens is 2. The molecule has 1 aliphatic carbocycles. The molecule has 1 aromatic heterocycles.